The Morgan fingerprint density at radius 1 is 1.10 bits per heavy atom. The van der Waals surface area contributed by atoms with Gasteiger partial charge in [0.25, 0.3) is 0 Å². The predicted octanol–water partition coefficient (Wildman–Crippen LogP) is 6.07. The number of anilines is 1. The number of fused-ring (bicyclic) bond motifs is 2. The zero-order valence-corrected chi connectivity index (χ0v) is 22.1. The number of aromatic amines is 1. The summed E-state index contributed by atoms with van der Waals surface area (Å²) in [4.78, 5) is 31.0. The monoisotopic (exact) mass is 559 g/mol. The molecule has 2 atom stereocenters. The van der Waals surface area contributed by atoms with E-state index in [0.29, 0.717) is 71.0 Å². The first-order valence-corrected chi connectivity index (χ1v) is 13.3. The van der Waals surface area contributed by atoms with E-state index < -0.39 is 23.6 Å². The van der Waals surface area contributed by atoms with Gasteiger partial charge in [-0.2, -0.15) is 0 Å². The molecule has 41 heavy (non-hydrogen) atoms. The van der Waals surface area contributed by atoms with E-state index in [4.69, 9.17) is 14.9 Å². The number of rotatable bonds is 8. The van der Waals surface area contributed by atoms with Gasteiger partial charge in [-0.1, -0.05) is 17.3 Å². The molecule has 0 fully saturated rings. The summed E-state index contributed by atoms with van der Waals surface area (Å²) in [5.41, 5.74) is 3.40. The molecule has 210 valence electrons. The number of carboxylic acid groups (broad SMARTS) is 1. The van der Waals surface area contributed by atoms with Gasteiger partial charge in [0, 0.05) is 36.1 Å². The maximum absolute atomic E-state index is 13.7. The molecular weight excluding hydrogens is 532 g/mol. The van der Waals surface area contributed by atoms with Crippen LogP contribution >= 0.6 is 0 Å². The summed E-state index contributed by atoms with van der Waals surface area (Å²) >= 11 is 0. The van der Waals surface area contributed by atoms with Crippen LogP contribution in [0.2, 0.25) is 0 Å². The van der Waals surface area contributed by atoms with Crippen molar-refractivity contribution >= 4 is 39.9 Å². The van der Waals surface area contributed by atoms with Gasteiger partial charge in [0.2, 0.25) is 0 Å². The number of aromatic nitrogens is 2. The Labute approximate surface area is 233 Å². The quantitative estimate of drug-likeness (QED) is 0.225. The highest BCUT2D eigenvalue weighted by Gasteiger charge is 2.40. The van der Waals surface area contributed by atoms with E-state index in [0.717, 1.165) is 5.56 Å². The van der Waals surface area contributed by atoms with Crippen LogP contribution < -0.4 is 4.90 Å². The number of imidazole rings is 1. The molecule has 3 N–H and O–H groups in total. The first kappa shape index (κ1) is 26.6. The van der Waals surface area contributed by atoms with Crippen LogP contribution in [0.3, 0.4) is 0 Å². The van der Waals surface area contributed by atoms with E-state index in [-0.39, 0.29) is 12.2 Å². The Hall–Kier alpha value is -4.64. The number of unbranched alkanes of at least 4 members (excludes halogenated alkanes) is 1. The fourth-order valence-electron chi connectivity index (χ4n) is 5.19. The number of aliphatic hydroxyl groups is 1. The van der Waals surface area contributed by atoms with Crippen molar-refractivity contribution in [3.8, 4) is 0 Å². The second-order valence-corrected chi connectivity index (χ2v) is 10.4. The zero-order chi connectivity index (χ0) is 28.7. The van der Waals surface area contributed by atoms with Gasteiger partial charge in [-0.05, 0) is 68.3 Å². The molecule has 4 aromatic rings. The summed E-state index contributed by atoms with van der Waals surface area (Å²) < 4.78 is 27.3. The van der Waals surface area contributed by atoms with Gasteiger partial charge in [-0.25, -0.2) is 18.8 Å². The smallest absolute Gasteiger partial charge is 0.303 e. The number of carbonyl (C=O) groups is 1. The molecule has 0 saturated carbocycles. The highest BCUT2D eigenvalue weighted by molar-refractivity contribution is 6.05. The van der Waals surface area contributed by atoms with Crippen LogP contribution in [0.25, 0.3) is 11.0 Å². The molecule has 3 aromatic carbocycles. The van der Waals surface area contributed by atoms with Crippen molar-refractivity contribution in [1.29, 1.82) is 0 Å². The summed E-state index contributed by atoms with van der Waals surface area (Å²) in [6, 6.07) is 15.6. The van der Waals surface area contributed by atoms with E-state index in [1.165, 1.54) is 24.3 Å². The minimum Gasteiger partial charge on any atom is -0.481 e. The maximum atomic E-state index is 13.7. The lowest BCUT2D eigenvalue weighted by Gasteiger charge is -2.35. The van der Waals surface area contributed by atoms with Crippen LogP contribution in [0.5, 0.6) is 0 Å². The van der Waals surface area contributed by atoms with E-state index in [1.54, 1.807) is 29.2 Å². The van der Waals surface area contributed by atoms with Crippen LogP contribution in [-0.4, -0.2) is 37.7 Å². The average Bonchev–Trinajstić information content (AvgIpc) is 3.56. The number of aliphatic carboxylic acids is 1. The summed E-state index contributed by atoms with van der Waals surface area (Å²) in [6.07, 6.45) is 0.760. The molecule has 0 radical (unpaired) electrons. The molecule has 2 aliphatic rings. The van der Waals surface area contributed by atoms with Gasteiger partial charge < -0.3 is 20.0 Å². The van der Waals surface area contributed by atoms with Crippen LogP contribution in [0.15, 0.2) is 70.8 Å². The number of amidine groups is 1. The fourth-order valence-corrected chi connectivity index (χ4v) is 5.19. The van der Waals surface area contributed by atoms with E-state index >= 15 is 0 Å². The zero-order valence-electron chi connectivity index (χ0n) is 22.1. The summed E-state index contributed by atoms with van der Waals surface area (Å²) in [6.45, 7) is 1.85. The molecule has 0 bridgehead atoms. The molecule has 6 rings (SSSR count). The molecule has 11 heteroatoms. The van der Waals surface area contributed by atoms with Crippen molar-refractivity contribution in [3.63, 3.8) is 0 Å². The number of carboxylic acids is 1. The third kappa shape index (κ3) is 5.16. The van der Waals surface area contributed by atoms with Gasteiger partial charge in [0.05, 0.1) is 22.4 Å². The first-order chi connectivity index (χ1) is 19.7. The second-order valence-electron chi connectivity index (χ2n) is 10.4. The van der Waals surface area contributed by atoms with Crippen molar-refractivity contribution in [1.82, 2.24) is 9.97 Å². The van der Waals surface area contributed by atoms with Crippen LogP contribution in [0.1, 0.15) is 62.2 Å². The topological polar surface area (TPSA) is 123 Å². The van der Waals surface area contributed by atoms with Gasteiger partial charge in [0.15, 0.2) is 17.7 Å². The number of oxime groups is 1. The van der Waals surface area contributed by atoms with Crippen LogP contribution in [0.4, 0.5) is 20.2 Å². The molecule has 2 unspecified atom stereocenters. The first-order valence-electron chi connectivity index (χ1n) is 13.3. The standard InChI is InChI=1S/C30H27F2N5O4/c1-30(29-34-22-13-9-19(32)15-24(22)35-29)16-25(36-41-30)17-6-12-21-23(14-17)33-26(4-2-3-5-27(38)39)37(28(21)40)20-10-7-18(31)8-11-20/h6-15,28,40H,2-5,16H2,1H3,(H,34,35)(H,38,39). The van der Waals surface area contributed by atoms with Crippen molar-refractivity contribution in [3.05, 3.63) is 89.2 Å². The third-order valence-electron chi connectivity index (χ3n) is 7.37. The molecule has 0 saturated heterocycles. The number of aliphatic hydroxyl groups excluding tert-OH is 1. The number of H-pyrrole nitrogens is 1. The number of hydrogen-bond donors (Lipinski definition) is 3. The van der Waals surface area contributed by atoms with Crippen molar-refractivity contribution in [2.75, 3.05) is 4.90 Å². The average molecular weight is 560 g/mol. The Balaban J connectivity index is 1.28. The van der Waals surface area contributed by atoms with E-state index in [9.17, 15) is 18.7 Å². The largest absolute Gasteiger partial charge is 0.481 e. The number of aliphatic imine (C=N–C) groups is 1. The fraction of sp³-hybridized carbons (Fsp3) is 0.267. The van der Waals surface area contributed by atoms with Gasteiger partial charge in [-0.15, -0.1) is 0 Å². The Kier molecular flexibility index (Phi) is 6.74. The molecular formula is C30H27F2N5O4. The summed E-state index contributed by atoms with van der Waals surface area (Å²) in [5, 5.41) is 24.7. The molecule has 0 aliphatic carbocycles. The Bertz CT molecular complexity index is 1700. The lowest BCUT2D eigenvalue weighted by Crippen LogP contribution is -2.37. The molecule has 9 nitrogen and oxygen atoms in total. The van der Waals surface area contributed by atoms with Crippen LogP contribution in [0, 0.1) is 11.6 Å². The number of benzene rings is 3. The third-order valence-corrected chi connectivity index (χ3v) is 7.37. The number of nitrogens with zero attached hydrogens (tertiary/aromatic N) is 4. The summed E-state index contributed by atoms with van der Waals surface area (Å²) in [5.74, 6) is -0.558. The Morgan fingerprint density at radius 3 is 2.66 bits per heavy atom. The molecule has 2 aliphatic heterocycles. The van der Waals surface area contributed by atoms with Crippen molar-refractivity contribution < 1.29 is 28.6 Å². The normalized spacial score (nSPS) is 20.0. The molecule has 3 heterocycles. The summed E-state index contributed by atoms with van der Waals surface area (Å²) in [7, 11) is 0. The predicted molar refractivity (Wildman–Crippen MR) is 149 cm³/mol. The van der Waals surface area contributed by atoms with Gasteiger partial charge in [-0.3, -0.25) is 9.69 Å². The minimum absolute atomic E-state index is 0.0336. The van der Waals surface area contributed by atoms with Crippen molar-refractivity contribution in [2.45, 2.75) is 50.9 Å². The highest BCUT2D eigenvalue weighted by atomic mass is 19.1. The van der Waals surface area contributed by atoms with E-state index in [2.05, 4.69) is 15.1 Å². The van der Waals surface area contributed by atoms with E-state index in [1.807, 2.05) is 19.1 Å². The second kappa shape index (κ2) is 10.4. The maximum Gasteiger partial charge on any atom is 0.303 e. The SMILES string of the molecule is CC1(c2nc3ccc(F)cc3[nH]2)CC(c2ccc3c(c2)N=C(CCCCC(=O)O)N(c2ccc(F)cc2)C3O)=NO1. The Morgan fingerprint density at radius 2 is 1.88 bits per heavy atom. The number of nitrogens with one attached hydrogen (secondary N) is 1. The van der Waals surface area contributed by atoms with Gasteiger partial charge in [0.1, 0.15) is 17.5 Å². The molecule has 0 amide bonds. The van der Waals surface area contributed by atoms with Crippen LogP contribution in [-0.2, 0) is 15.2 Å². The lowest BCUT2D eigenvalue weighted by molar-refractivity contribution is -0.137. The lowest BCUT2D eigenvalue weighted by atomic mass is 9.93. The van der Waals surface area contributed by atoms with Gasteiger partial charge >= 0.3 is 5.97 Å². The number of halogens is 2. The molecule has 1 aromatic heterocycles. The highest BCUT2D eigenvalue weighted by Crippen LogP contribution is 2.40. The van der Waals surface area contributed by atoms with Crippen molar-refractivity contribution in [2.24, 2.45) is 10.1 Å². The molecule has 0 spiro atoms. The minimum atomic E-state index is -1.08. The number of hydrogen-bond acceptors (Lipinski definition) is 7.